The van der Waals surface area contributed by atoms with E-state index in [4.69, 9.17) is 9.47 Å². The molecule has 102 valence electrons. The Kier molecular flexibility index (Phi) is 6.98. The van der Waals surface area contributed by atoms with Gasteiger partial charge < -0.3 is 14.8 Å². The second-order valence-electron chi connectivity index (χ2n) is 4.02. The van der Waals surface area contributed by atoms with Crippen molar-refractivity contribution in [3.63, 3.8) is 0 Å². The lowest BCUT2D eigenvalue weighted by Gasteiger charge is -2.19. The maximum atomic E-state index is 5.43. The van der Waals surface area contributed by atoms with Crippen LogP contribution >= 0.6 is 11.8 Å². The summed E-state index contributed by atoms with van der Waals surface area (Å²) >= 11 is 1.95. The largest absolute Gasteiger partial charge is 0.497 e. The molecule has 0 amide bonds. The Morgan fingerprint density at radius 3 is 2.61 bits per heavy atom. The summed E-state index contributed by atoms with van der Waals surface area (Å²) in [6.07, 6.45) is 1.20. The fourth-order valence-corrected chi connectivity index (χ4v) is 2.82. The van der Waals surface area contributed by atoms with Crippen LogP contribution in [-0.4, -0.2) is 32.8 Å². The highest BCUT2D eigenvalue weighted by Crippen LogP contribution is 2.31. The molecule has 0 aliphatic carbocycles. The SMILES string of the molecule is CCCSCC(NC)c1cc(OC)ccc1OC. The quantitative estimate of drug-likeness (QED) is 0.735. The standard InChI is InChI=1S/C14H23NO2S/c1-5-8-18-10-13(15-2)12-9-11(16-3)6-7-14(12)17-4/h6-7,9,13,15H,5,8,10H2,1-4H3. The highest BCUT2D eigenvalue weighted by atomic mass is 32.2. The third-order valence-electron chi connectivity index (χ3n) is 2.79. The van der Waals surface area contributed by atoms with Crippen molar-refractivity contribution < 1.29 is 9.47 Å². The molecule has 1 aromatic carbocycles. The van der Waals surface area contributed by atoms with Gasteiger partial charge in [0.05, 0.1) is 14.2 Å². The molecule has 3 nitrogen and oxygen atoms in total. The third kappa shape index (κ3) is 4.10. The molecule has 0 saturated heterocycles. The summed E-state index contributed by atoms with van der Waals surface area (Å²) in [5, 5.41) is 3.35. The first-order valence-corrected chi connectivity index (χ1v) is 7.39. The first-order chi connectivity index (χ1) is 8.76. The van der Waals surface area contributed by atoms with Gasteiger partial charge in [-0.3, -0.25) is 0 Å². The summed E-state index contributed by atoms with van der Waals surface area (Å²) in [5.74, 6) is 4.00. The summed E-state index contributed by atoms with van der Waals surface area (Å²) in [6, 6.07) is 6.22. The van der Waals surface area contributed by atoms with Gasteiger partial charge in [-0.05, 0) is 37.4 Å². The Balaban J connectivity index is 2.87. The molecule has 1 rings (SSSR count). The molecule has 18 heavy (non-hydrogen) atoms. The summed E-state index contributed by atoms with van der Waals surface area (Å²) < 4.78 is 10.7. The molecule has 0 spiro atoms. The first kappa shape index (κ1) is 15.2. The van der Waals surface area contributed by atoms with Gasteiger partial charge in [-0.1, -0.05) is 6.92 Å². The highest BCUT2D eigenvalue weighted by Gasteiger charge is 2.15. The molecule has 0 aliphatic rings. The molecule has 4 heteroatoms. The topological polar surface area (TPSA) is 30.5 Å². The Labute approximate surface area is 114 Å². The van der Waals surface area contributed by atoms with Gasteiger partial charge in [0.25, 0.3) is 0 Å². The Hall–Kier alpha value is -0.870. The first-order valence-electron chi connectivity index (χ1n) is 6.23. The lowest BCUT2D eigenvalue weighted by molar-refractivity contribution is 0.394. The van der Waals surface area contributed by atoms with Crippen molar-refractivity contribution in [2.45, 2.75) is 19.4 Å². The molecule has 1 atom stereocenters. The maximum absolute atomic E-state index is 5.43. The van der Waals surface area contributed by atoms with Crippen molar-refractivity contribution >= 4 is 11.8 Å². The van der Waals surface area contributed by atoms with Crippen molar-refractivity contribution in [1.82, 2.24) is 5.32 Å². The van der Waals surface area contributed by atoms with Crippen molar-refractivity contribution in [3.05, 3.63) is 23.8 Å². The second-order valence-corrected chi connectivity index (χ2v) is 5.17. The van der Waals surface area contributed by atoms with Crippen molar-refractivity contribution in [1.29, 1.82) is 0 Å². The van der Waals surface area contributed by atoms with E-state index in [-0.39, 0.29) is 6.04 Å². The number of hydrogen-bond acceptors (Lipinski definition) is 4. The molecule has 1 aromatic rings. The summed E-state index contributed by atoms with van der Waals surface area (Å²) in [4.78, 5) is 0. The van der Waals surface area contributed by atoms with Gasteiger partial charge in [-0.15, -0.1) is 0 Å². The van der Waals surface area contributed by atoms with Crippen LogP contribution in [0.25, 0.3) is 0 Å². The smallest absolute Gasteiger partial charge is 0.123 e. The van der Waals surface area contributed by atoms with Crippen LogP contribution in [0.5, 0.6) is 11.5 Å². The number of ether oxygens (including phenoxy) is 2. The molecule has 0 aromatic heterocycles. The average Bonchev–Trinajstić information content (AvgIpc) is 2.43. The van der Waals surface area contributed by atoms with Crippen LogP contribution in [0.4, 0.5) is 0 Å². The third-order valence-corrected chi connectivity index (χ3v) is 4.06. The lowest BCUT2D eigenvalue weighted by atomic mass is 10.1. The van der Waals surface area contributed by atoms with E-state index in [2.05, 4.69) is 12.2 Å². The van der Waals surface area contributed by atoms with Gasteiger partial charge in [0.15, 0.2) is 0 Å². The molecule has 1 N–H and O–H groups in total. The number of benzene rings is 1. The average molecular weight is 269 g/mol. The van der Waals surface area contributed by atoms with Crippen LogP contribution in [-0.2, 0) is 0 Å². The molecule has 0 saturated carbocycles. The van der Waals surface area contributed by atoms with Gasteiger partial charge >= 0.3 is 0 Å². The summed E-state index contributed by atoms with van der Waals surface area (Å²) in [6.45, 7) is 2.20. The molecular weight excluding hydrogens is 246 g/mol. The number of methoxy groups -OCH3 is 2. The lowest BCUT2D eigenvalue weighted by Crippen LogP contribution is -2.19. The molecule has 0 radical (unpaired) electrons. The highest BCUT2D eigenvalue weighted by molar-refractivity contribution is 7.99. The van der Waals surface area contributed by atoms with E-state index in [0.29, 0.717) is 0 Å². The number of nitrogens with one attached hydrogen (secondary N) is 1. The van der Waals surface area contributed by atoms with Gasteiger partial charge in [0.1, 0.15) is 11.5 Å². The monoisotopic (exact) mass is 269 g/mol. The normalized spacial score (nSPS) is 12.2. The van der Waals surface area contributed by atoms with Gasteiger partial charge in [0, 0.05) is 17.4 Å². The van der Waals surface area contributed by atoms with Crippen molar-refractivity contribution in [2.75, 3.05) is 32.8 Å². The van der Waals surface area contributed by atoms with E-state index in [1.165, 1.54) is 12.2 Å². The second kappa shape index (κ2) is 8.27. The van der Waals surface area contributed by atoms with E-state index in [1.807, 2.05) is 37.0 Å². The molecule has 0 aliphatic heterocycles. The molecule has 0 heterocycles. The van der Waals surface area contributed by atoms with Crippen LogP contribution in [0.2, 0.25) is 0 Å². The Morgan fingerprint density at radius 1 is 1.28 bits per heavy atom. The van der Waals surface area contributed by atoms with Crippen LogP contribution in [0.1, 0.15) is 24.9 Å². The van der Waals surface area contributed by atoms with Crippen LogP contribution < -0.4 is 14.8 Å². The van der Waals surface area contributed by atoms with E-state index in [0.717, 1.165) is 22.8 Å². The zero-order valence-corrected chi connectivity index (χ0v) is 12.5. The Bertz CT molecular complexity index is 358. The summed E-state index contributed by atoms with van der Waals surface area (Å²) in [5.41, 5.74) is 1.16. The molecule has 1 unspecified atom stereocenters. The number of hydrogen-bond donors (Lipinski definition) is 1. The predicted octanol–water partition coefficient (Wildman–Crippen LogP) is 3.11. The summed E-state index contributed by atoms with van der Waals surface area (Å²) in [7, 11) is 5.37. The predicted molar refractivity (Wildman–Crippen MR) is 79.0 cm³/mol. The van der Waals surface area contributed by atoms with Crippen LogP contribution in [0, 0.1) is 0 Å². The molecule has 0 fully saturated rings. The van der Waals surface area contributed by atoms with E-state index in [9.17, 15) is 0 Å². The van der Waals surface area contributed by atoms with Gasteiger partial charge in [0.2, 0.25) is 0 Å². The van der Waals surface area contributed by atoms with Crippen molar-refractivity contribution in [2.24, 2.45) is 0 Å². The molecular formula is C14H23NO2S. The number of thioether (sulfide) groups is 1. The van der Waals surface area contributed by atoms with Crippen molar-refractivity contribution in [3.8, 4) is 11.5 Å². The molecule has 0 bridgehead atoms. The fraction of sp³-hybridized carbons (Fsp3) is 0.571. The van der Waals surface area contributed by atoms with Gasteiger partial charge in [-0.2, -0.15) is 11.8 Å². The maximum Gasteiger partial charge on any atom is 0.123 e. The fourth-order valence-electron chi connectivity index (χ4n) is 1.79. The zero-order valence-electron chi connectivity index (χ0n) is 11.7. The Morgan fingerprint density at radius 2 is 2.06 bits per heavy atom. The van der Waals surface area contributed by atoms with E-state index in [1.54, 1.807) is 14.2 Å². The minimum absolute atomic E-state index is 0.284. The van der Waals surface area contributed by atoms with Gasteiger partial charge in [-0.25, -0.2) is 0 Å². The van der Waals surface area contributed by atoms with Crippen LogP contribution in [0.3, 0.4) is 0 Å². The minimum atomic E-state index is 0.284. The van der Waals surface area contributed by atoms with Crippen LogP contribution in [0.15, 0.2) is 18.2 Å². The van der Waals surface area contributed by atoms with E-state index < -0.39 is 0 Å². The number of rotatable bonds is 8. The minimum Gasteiger partial charge on any atom is -0.497 e. The zero-order chi connectivity index (χ0) is 13.4. The van der Waals surface area contributed by atoms with E-state index >= 15 is 0 Å².